The second-order valence-electron chi connectivity index (χ2n) is 6.59. The Kier molecular flexibility index (Phi) is 4.96. The Morgan fingerprint density at radius 3 is 2.84 bits per heavy atom. The van der Waals surface area contributed by atoms with Crippen molar-refractivity contribution in [2.45, 2.75) is 37.0 Å². The van der Waals surface area contributed by atoms with Gasteiger partial charge >= 0.3 is 0 Å². The normalized spacial score (nSPS) is 11.6. The number of carbonyl (C=O) groups excluding carboxylic acids is 1. The first-order valence-electron chi connectivity index (χ1n) is 7.76. The van der Waals surface area contributed by atoms with Crippen molar-refractivity contribution in [1.82, 2.24) is 9.97 Å². The van der Waals surface area contributed by atoms with Crippen molar-refractivity contribution < 1.29 is 9.21 Å². The molecule has 0 bridgehead atoms. The van der Waals surface area contributed by atoms with E-state index in [1.165, 1.54) is 11.3 Å². The van der Waals surface area contributed by atoms with Crippen molar-refractivity contribution in [3.8, 4) is 10.6 Å². The second-order valence-corrected chi connectivity index (χ2v) is 8.45. The fraction of sp³-hybridized carbons (Fsp3) is 0.278. The zero-order valence-corrected chi connectivity index (χ0v) is 15.9. The van der Waals surface area contributed by atoms with Crippen LogP contribution in [-0.2, 0) is 11.2 Å². The maximum Gasteiger partial charge on any atom is 0.248 e. The summed E-state index contributed by atoms with van der Waals surface area (Å²) >= 11 is 3.11. The van der Waals surface area contributed by atoms with Crippen molar-refractivity contribution in [3.63, 3.8) is 0 Å². The predicted octanol–water partition coefficient (Wildman–Crippen LogP) is 4.49. The van der Waals surface area contributed by atoms with Crippen molar-refractivity contribution in [3.05, 3.63) is 53.1 Å². The topological polar surface area (TPSA) is 82.0 Å². The molecule has 2 aromatic heterocycles. The summed E-state index contributed by atoms with van der Waals surface area (Å²) in [6.07, 6.45) is 1.79. The third-order valence-electron chi connectivity index (χ3n) is 3.51. The van der Waals surface area contributed by atoms with Crippen molar-refractivity contribution >= 4 is 29.0 Å². The van der Waals surface area contributed by atoms with Crippen LogP contribution in [-0.4, -0.2) is 15.9 Å². The highest BCUT2D eigenvalue weighted by Gasteiger charge is 2.19. The maximum atomic E-state index is 11.3. The lowest BCUT2D eigenvalue weighted by Gasteiger charge is -2.12. The highest BCUT2D eigenvalue weighted by molar-refractivity contribution is 7.98. The average Bonchev–Trinajstić information content (AvgIpc) is 3.22. The summed E-state index contributed by atoms with van der Waals surface area (Å²) in [6, 6.07) is 7.19. The number of amides is 1. The predicted molar refractivity (Wildman–Crippen MR) is 101 cm³/mol. The first kappa shape index (κ1) is 17.7. The van der Waals surface area contributed by atoms with Crippen molar-refractivity contribution in [2.24, 2.45) is 5.73 Å². The van der Waals surface area contributed by atoms with E-state index < -0.39 is 5.91 Å². The van der Waals surface area contributed by atoms with Crippen LogP contribution in [0.4, 0.5) is 0 Å². The number of carbonyl (C=O) groups is 1. The van der Waals surface area contributed by atoms with E-state index in [4.69, 9.17) is 10.2 Å². The molecule has 2 heterocycles. The molecule has 0 unspecified atom stereocenters. The Hall–Kier alpha value is -2.12. The molecule has 3 rings (SSSR count). The van der Waals surface area contributed by atoms with Gasteiger partial charge in [-0.05, 0) is 12.1 Å². The van der Waals surface area contributed by atoms with Gasteiger partial charge in [-0.1, -0.05) is 44.7 Å². The van der Waals surface area contributed by atoms with Gasteiger partial charge in [0.1, 0.15) is 15.8 Å². The van der Waals surface area contributed by atoms with E-state index in [2.05, 4.69) is 30.7 Å². The van der Waals surface area contributed by atoms with E-state index in [-0.39, 0.29) is 5.41 Å². The molecule has 0 aliphatic rings. The van der Waals surface area contributed by atoms with E-state index in [0.717, 1.165) is 21.4 Å². The van der Waals surface area contributed by atoms with Crippen LogP contribution >= 0.6 is 23.1 Å². The number of hydrogen-bond donors (Lipinski definition) is 1. The summed E-state index contributed by atoms with van der Waals surface area (Å²) < 4.78 is 5.80. The molecule has 0 radical (unpaired) electrons. The van der Waals surface area contributed by atoms with E-state index in [9.17, 15) is 4.79 Å². The number of nitrogens with zero attached hydrogens (tertiary/aromatic N) is 2. The Labute approximate surface area is 154 Å². The van der Waals surface area contributed by atoms with Crippen LogP contribution in [0.3, 0.4) is 0 Å². The zero-order valence-electron chi connectivity index (χ0n) is 14.3. The summed E-state index contributed by atoms with van der Waals surface area (Å²) in [4.78, 5) is 20.2. The number of aromatic nitrogens is 2. The number of primary amides is 1. The molecular weight excluding hydrogens is 354 g/mol. The van der Waals surface area contributed by atoms with Gasteiger partial charge < -0.3 is 10.2 Å². The van der Waals surface area contributed by atoms with Gasteiger partial charge in [0.05, 0.1) is 11.9 Å². The molecule has 25 heavy (non-hydrogen) atoms. The minimum Gasteiger partial charge on any atom is -0.444 e. The molecule has 1 aromatic carbocycles. The number of thioether (sulfide) groups is 1. The Bertz CT molecular complexity index is 894. The molecule has 2 N–H and O–H groups in total. The second kappa shape index (κ2) is 7.01. The van der Waals surface area contributed by atoms with Gasteiger partial charge in [-0.15, -0.1) is 11.3 Å². The standard InChI is InChI=1S/C18H19N3O2S2/c1-18(2,3)13-8-20-14(23-13)9-24-15-10-25-17(21-15)12-6-4-5-11(7-12)16(19)22/h4-8,10H,9H2,1-3H3,(H2,19,22). The molecule has 0 saturated carbocycles. The molecule has 0 aliphatic carbocycles. The van der Waals surface area contributed by atoms with Crippen LogP contribution in [0.25, 0.3) is 10.6 Å². The summed E-state index contributed by atoms with van der Waals surface area (Å²) in [5.41, 5.74) is 6.66. The number of rotatable bonds is 5. The molecule has 0 atom stereocenters. The van der Waals surface area contributed by atoms with E-state index >= 15 is 0 Å². The number of oxazole rings is 1. The smallest absolute Gasteiger partial charge is 0.248 e. The Morgan fingerprint density at radius 2 is 2.16 bits per heavy atom. The highest BCUT2D eigenvalue weighted by Crippen LogP contribution is 2.31. The molecule has 3 aromatic rings. The van der Waals surface area contributed by atoms with E-state index in [1.807, 2.05) is 17.5 Å². The summed E-state index contributed by atoms with van der Waals surface area (Å²) in [5, 5.41) is 3.75. The minimum atomic E-state index is -0.438. The maximum absolute atomic E-state index is 11.3. The van der Waals surface area contributed by atoms with Gasteiger partial charge in [0.2, 0.25) is 11.8 Å². The lowest BCUT2D eigenvalue weighted by molar-refractivity contribution is 0.100. The largest absolute Gasteiger partial charge is 0.444 e. The first-order valence-corrected chi connectivity index (χ1v) is 9.63. The molecule has 0 aliphatic heterocycles. The van der Waals surface area contributed by atoms with Gasteiger partial charge in [-0.3, -0.25) is 4.79 Å². The van der Waals surface area contributed by atoms with Gasteiger partial charge in [-0.25, -0.2) is 9.97 Å². The fourth-order valence-corrected chi connectivity index (χ4v) is 3.84. The van der Waals surface area contributed by atoms with Gasteiger partial charge in [-0.2, -0.15) is 0 Å². The third-order valence-corrected chi connectivity index (χ3v) is 5.45. The van der Waals surface area contributed by atoms with Crippen LogP contribution in [0, 0.1) is 0 Å². The number of hydrogen-bond acceptors (Lipinski definition) is 6. The quantitative estimate of drug-likeness (QED) is 0.667. The van der Waals surface area contributed by atoms with Crippen LogP contribution < -0.4 is 5.73 Å². The monoisotopic (exact) mass is 373 g/mol. The molecule has 0 fully saturated rings. The SMILES string of the molecule is CC(C)(C)c1cnc(CSc2csc(-c3cccc(C(N)=O)c3)n2)o1. The Balaban J connectivity index is 1.69. The molecule has 7 heteroatoms. The first-order chi connectivity index (χ1) is 11.8. The molecule has 5 nitrogen and oxygen atoms in total. The van der Waals surface area contributed by atoms with Gasteiger partial charge in [0.15, 0.2) is 0 Å². The zero-order chi connectivity index (χ0) is 18.0. The van der Waals surface area contributed by atoms with Crippen LogP contribution in [0.5, 0.6) is 0 Å². The summed E-state index contributed by atoms with van der Waals surface area (Å²) in [6.45, 7) is 6.28. The van der Waals surface area contributed by atoms with Crippen molar-refractivity contribution in [2.75, 3.05) is 0 Å². The van der Waals surface area contributed by atoms with E-state index in [0.29, 0.717) is 17.2 Å². The highest BCUT2D eigenvalue weighted by atomic mass is 32.2. The average molecular weight is 374 g/mol. The minimum absolute atomic E-state index is 0.0465. The summed E-state index contributed by atoms with van der Waals surface area (Å²) in [5.74, 6) is 1.76. The molecule has 1 amide bonds. The van der Waals surface area contributed by atoms with Gasteiger partial charge in [0.25, 0.3) is 0 Å². The van der Waals surface area contributed by atoms with Crippen LogP contribution in [0.2, 0.25) is 0 Å². The lowest BCUT2D eigenvalue weighted by Crippen LogP contribution is -2.10. The third kappa shape index (κ3) is 4.29. The summed E-state index contributed by atoms with van der Waals surface area (Å²) in [7, 11) is 0. The van der Waals surface area contributed by atoms with Crippen molar-refractivity contribution in [1.29, 1.82) is 0 Å². The molecular formula is C18H19N3O2S2. The van der Waals surface area contributed by atoms with Gasteiger partial charge in [0, 0.05) is 21.9 Å². The molecule has 0 saturated heterocycles. The van der Waals surface area contributed by atoms with Crippen LogP contribution in [0.15, 0.2) is 45.3 Å². The number of benzene rings is 1. The van der Waals surface area contributed by atoms with Crippen LogP contribution in [0.1, 0.15) is 42.8 Å². The number of thiazole rings is 1. The Morgan fingerprint density at radius 1 is 1.36 bits per heavy atom. The fourth-order valence-electron chi connectivity index (χ4n) is 2.12. The van der Waals surface area contributed by atoms with E-state index in [1.54, 1.807) is 30.1 Å². The molecule has 0 spiro atoms. The molecule has 130 valence electrons. The lowest BCUT2D eigenvalue weighted by atomic mass is 9.94. The number of nitrogens with two attached hydrogens (primary N) is 1.